The van der Waals surface area contributed by atoms with Gasteiger partial charge in [-0.3, -0.25) is 0 Å². The van der Waals surface area contributed by atoms with Gasteiger partial charge in [-0.25, -0.2) is 9.37 Å². The Balaban J connectivity index is 3.44. The molecule has 0 saturated heterocycles. The SMILES string of the molecule is Cc1c(F)cnc(I)c1C#N. The molecule has 2 nitrogen and oxygen atoms in total. The third-order valence-electron chi connectivity index (χ3n) is 1.34. The summed E-state index contributed by atoms with van der Waals surface area (Å²) in [6.45, 7) is 1.57. The second kappa shape index (κ2) is 3.13. The number of hydrogen-bond acceptors (Lipinski definition) is 2. The van der Waals surface area contributed by atoms with Crippen LogP contribution in [0, 0.1) is 27.8 Å². The standard InChI is InChI=1S/C7H4FIN2/c1-4-5(2-10)7(9)11-3-6(4)8/h3H,1H3. The van der Waals surface area contributed by atoms with Crippen LogP contribution < -0.4 is 0 Å². The first-order valence-electron chi connectivity index (χ1n) is 2.87. The summed E-state index contributed by atoms with van der Waals surface area (Å²) in [6, 6.07) is 1.89. The van der Waals surface area contributed by atoms with Crippen molar-refractivity contribution in [1.82, 2.24) is 4.98 Å². The van der Waals surface area contributed by atoms with Crippen molar-refractivity contribution in [1.29, 1.82) is 5.26 Å². The monoisotopic (exact) mass is 262 g/mol. The van der Waals surface area contributed by atoms with Crippen molar-refractivity contribution in [2.45, 2.75) is 6.92 Å². The van der Waals surface area contributed by atoms with Crippen molar-refractivity contribution in [3.05, 3.63) is 26.8 Å². The molecule has 0 aliphatic heterocycles. The Morgan fingerprint density at radius 3 is 2.82 bits per heavy atom. The molecule has 1 aromatic heterocycles. The van der Waals surface area contributed by atoms with Crippen molar-refractivity contribution < 1.29 is 4.39 Å². The van der Waals surface area contributed by atoms with Gasteiger partial charge in [0.25, 0.3) is 0 Å². The second-order valence-corrected chi connectivity index (χ2v) is 3.03. The van der Waals surface area contributed by atoms with Crippen LogP contribution in [0.3, 0.4) is 0 Å². The van der Waals surface area contributed by atoms with Crippen LogP contribution >= 0.6 is 22.6 Å². The Morgan fingerprint density at radius 1 is 1.73 bits per heavy atom. The maximum Gasteiger partial charge on any atom is 0.145 e. The first kappa shape index (κ1) is 8.40. The predicted molar refractivity (Wildman–Crippen MR) is 46.4 cm³/mol. The molecule has 56 valence electrons. The van der Waals surface area contributed by atoms with E-state index in [0.717, 1.165) is 6.20 Å². The zero-order valence-corrected chi connectivity index (χ0v) is 7.89. The van der Waals surface area contributed by atoms with Crippen LogP contribution in [0.1, 0.15) is 11.1 Å². The summed E-state index contributed by atoms with van der Waals surface area (Å²) in [4.78, 5) is 3.70. The largest absolute Gasteiger partial charge is 0.246 e. The highest BCUT2D eigenvalue weighted by Gasteiger charge is 2.07. The van der Waals surface area contributed by atoms with Crippen molar-refractivity contribution in [3.8, 4) is 6.07 Å². The Kier molecular flexibility index (Phi) is 2.39. The van der Waals surface area contributed by atoms with Crippen LogP contribution in [0.5, 0.6) is 0 Å². The molecule has 0 aliphatic carbocycles. The smallest absolute Gasteiger partial charge is 0.145 e. The van der Waals surface area contributed by atoms with E-state index in [0.29, 0.717) is 14.8 Å². The van der Waals surface area contributed by atoms with Crippen LogP contribution in [0.2, 0.25) is 0 Å². The van der Waals surface area contributed by atoms with Gasteiger partial charge in [-0.2, -0.15) is 5.26 Å². The van der Waals surface area contributed by atoms with Gasteiger partial charge in [0.15, 0.2) is 0 Å². The highest BCUT2D eigenvalue weighted by molar-refractivity contribution is 14.1. The molecule has 0 N–H and O–H groups in total. The molecular weight excluding hydrogens is 258 g/mol. The first-order chi connectivity index (χ1) is 5.16. The van der Waals surface area contributed by atoms with Gasteiger partial charge in [-0.1, -0.05) is 0 Å². The fourth-order valence-electron chi connectivity index (χ4n) is 0.679. The lowest BCUT2D eigenvalue weighted by Gasteiger charge is -1.98. The van der Waals surface area contributed by atoms with Gasteiger partial charge in [0.2, 0.25) is 0 Å². The van der Waals surface area contributed by atoms with Gasteiger partial charge in [-0.05, 0) is 29.5 Å². The molecule has 1 heterocycles. The summed E-state index contributed by atoms with van der Waals surface area (Å²) in [5.41, 5.74) is 0.692. The van der Waals surface area contributed by atoms with E-state index in [1.807, 2.05) is 28.7 Å². The molecule has 1 aromatic rings. The number of rotatable bonds is 0. The minimum atomic E-state index is -0.429. The Bertz CT molecular complexity index is 330. The maximum absolute atomic E-state index is 12.7. The molecule has 0 aliphatic rings. The lowest BCUT2D eigenvalue weighted by atomic mass is 10.2. The highest BCUT2D eigenvalue weighted by atomic mass is 127. The van der Waals surface area contributed by atoms with E-state index in [-0.39, 0.29) is 0 Å². The predicted octanol–water partition coefficient (Wildman–Crippen LogP) is 2.01. The summed E-state index contributed by atoms with van der Waals surface area (Å²) in [6.07, 6.45) is 1.12. The Labute approximate surface area is 77.2 Å². The van der Waals surface area contributed by atoms with Crippen molar-refractivity contribution >= 4 is 22.6 Å². The van der Waals surface area contributed by atoms with Crippen LogP contribution in [-0.4, -0.2) is 4.98 Å². The van der Waals surface area contributed by atoms with Crippen molar-refractivity contribution in [2.24, 2.45) is 0 Å². The number of nitrogens with zero attached hydrogens (tertiary/aromatic N) is 2. The van der Waals surface area contributed by atoms with Crippen LogP contribution in [-0.2, 0) is 0 Å². The Hall–Kier alpha value is -0.700. The lowest BCUT2D eigenvalue weighted by Crippen LogP contribution is -1.94. The number of pyridine rings is 1. The van der Waals surface area contributed by atoms with Gasteiger partial charge in [0.1, 0.15) is 15.6 Å². The van der Waals surface area contributed by atoms with Crippen molar-refractivity contribution in [2.75, 3.05) is 0 Å². The zero-order valence-electron chi connectivity index (χ0n) is 5.73. The number of nitriles is 1. The number of hydrogen-bond donors (Lipinski definition) is 0. The maximum atomic E-state index is 12.7. The average Bonchev–Trinajstić information content (AvgIpc) is 1.99. The number of aromatic nitrogens is 1. The van der Waals surface area contributed by atoms with Gasteiger partial charge in [-0.15, -0.1) is 0 Å². The van der Waals surface area contributed by atoms with Gasteiger partial charge < -0.3 is 0 Å². The molecular formula is C7H4FIN2. The molecule has 0 amide bonds. The third kappa shape index (κ3) is 1.48. The summed E-state index contributed by atoms with van der Waals surface area (Å²) >= 11 is 1.90. The molecule has 0 aromatic carbocycles. The van der Waals surface area contributed by atoms with Crippen LogP contribution in [0.4, 0.5) is 4.39 Å². The topological polar surface area (TPSA) is 36.7 Å². The fourth-order valence-corrected chi connectivity index (χ4v) is 1.34. The van der Waals surface area contributed by atoms with E-state index >= 15 is 0 Å². The molecule has 0 radical (unpaired) electrons. The van der Waals surface area contributed by atoms with Crippen molar-refractivity contribution in [3.63, 3.8) is 0 Å². The normalized spacial score (nSPS) is 9.27. The fraction of sp³-hybridized carbons (Fsp3) is 0.143. The molecule has 0 atom stereocenters. The first-order valence-corrected chi connectivity index (χ1v) is 3.95. The molecule has 0 unspecified atom stereocenters. The van der Waals surface area contributed by atoms with Crippen LogP contribution in [0.25, 0.3) is 0 Å². The summed E-state index contributed by atoms with van der Waals surface area (Å²) in [7, 11) is 0. The zero-order chi connectivity index (χ0) is 8.43. The summed E-state index contributed by atoms with van der Waals surface area (Å²) in [5.74, 6) is -0.429. The van der Waals surface area contributed by atoms with Gasteiger partial charge in [0, 0.05) is 5.56 Å². The van der Waals surface area contributed by atoms with E-state index < -0.39 is 5.82 Å². The third-order valence-corrected chi connectivity index (χ3v) is 2.16. The van der Waals surface area contributed by atoms with E-state index in [9.17, 15) is 4.39 Å². The molecule has 0 saturated carbocycles. The molecule has 1 rings (SSSR count). The number of halogens is 2. The average molecular weight is 262 g/mol. The lowest BCUT2D eigenvalue weighted by molar-refractivity contribution is 0.610. The second-order valence-electron chi connectivity index (χ2n) is 2.01. The molecule has 0 spiro atoms. The summed E-state index contributed by atoms with van der Waals surface area (Å²) < 4.78 is 13.3. The van der Waals surface area contributed by atoms with Crippen LogP contribution in [0.15, 0.2) is 6.20 Å². The van der Waals surface area contributed by atoms with Gasteiger partial charge in [0.05, 0.1) is 11.8 Å². The van der Waals surface area contributed by atoms with E-state index in [1.54, 1.807) is 6.92 Å². The molecule has 11 heavy (non-hydrogen) atoms. The minimum Gasteiger partial charge on any atom is -0.246 e. The molecule has 0 bridgehead atoms. The Morgan fingerprint density at radius 2 is 2.36 bits per heavy atom. The minimum absolute atomic E-state index is 0.325. The quantitative estimate of drug-likeness (QED) is 0.529. The van der Waals surface area contributed by atoms with Gasteiger partial charge >= 0.3 is 0 Å². The van der Waals surface area contributed by atoms with E-state index in [4.69, 9.17) is 5.26 Å². The highest BCUT2D eigenvalue weighted by Crippen LogP contribution is 2.15. The molecule has 0 fully saturated rings. The summed E-state index contributed by atoms with van der Waals surface area (Å²) in [5, 5.41) is 8.56. The molecule has 4 heteroatoms. The van der Waals surface area contributed by atoms with E-state index in [2.05, 4.69) is 4.98 Å². The van der Waals surface area contributed by atoms with E-state index in [1.165, 1.54) is 0 Å².